The van der Waals surface area contributed by atoms with E-state index in [0.29, 0.717) is 0 Å². The zero-order chi connectivity index (χ0) is 16.5. The van der Waals surface area contributed by atoms with E-state index in [4.69, 9.17) is 4.74 Å². The second-order valence-corrected chi connectivity index (χ2v) is 6.91. The lowest BCUT2D eigenvalue weighted by atomic mass is 9.94. The quantitative estimate of drug-likeness (QED) is 0.391. The van der Waals surface area contributed by atoms with Crippen LogP contribution in [0.1, 0.15) is 88.9 Å². The molecule has 128 valence electrons. The highest BCUT2D eigenvalue weighted by Gasteiger charge is 2.34. The Morgan fingerprint density at radius 2 is 1.65 bits per heavy atom. The molecule has 0 aromatic heterocycles. The normalized spacial score (nSPS) is 20.7. The number of unbranched alkanes of at least 4 members (excludes halogenated alkanes) is 5. The fraction of sp³-hybridized carbons (Fsp3) is 0.667. The summed E-state index contributed by atoms with van der Waals surface area (Å²) < 4.78 is 5.62. The van der Waals surface area contributed by atoms with Gasteiger partial charge in [0.05, 0.1) is 5.92 Å². The van der Waals surface area contributed by atoms with Crippen molar-refractivity contribution in [1.82, 2.24) is 0 Å². The van der Waals surface area contributed by atoms with Crippen molar-refractivity contribution in [2.75, 3.05) is 0 Å². The van der Waals surface area contributed by atoms with Gasteiger partial charge in [0.2, 0.25) is 0 Å². The summed E-state index contributed by atoms with van der Waals surface area (Å²) >= 11 is 0. The summed E-state index contributed by atoms with van der Waals surface area (Å²) in [7, 11) is 0. The van der Waals surface area contributed by atoms with Gasteiger partial charge in [-0.3, -0.25) is 4.79 Å². The number of hydrogen-bond donors (Lipinski definition) is 0. The zero-order valence-corrected chi connectivity index (χ0v) is 14.9. The smallest absolute Gasteiger partial charge is 0.309 e. The monoisotopic (exact) mass is 316 g/mol. The summed E-state index contributed by atoms with van der Waals surface area (Å²) in [5.74, 6) is 0.125. The maximum atomic E-state index is 12.0. The highest BCUT2D eigenvalue weighted by atomic mass is 16.5. The molecule has 1 aromatic carbocycles. The Morgan fingerprint density at radius 1 is 0.957 bits per heavy atom. The Hall–Kier alpha value is -1.31. The highest BCUT2D eigenvalue weighted by molar-refractivity contribution is 5.74. The molecule has 0 N–H and O–H groups in total. The molecule has 1 aromatic rings. The van der Waals surface area contributed by atoms with Gasteiger partial charge in [-0.15, -0.1) is 0 Å². The molecular weight excluding hydrogens is 284 g/mol. The second kappa shape index (κ2) is 9.75. The summed E-state index contributed by atoms with van der Waals surface area (Å²) in [6.45, 7) is 4.45. The van der Waals surface area contributed by atoms with Crippen LogP contribution >= 0.6 is 0 Å². The first-order chi connectivity index (χ1) is 11.2. The number of hydrogen-bond acceptors (Lipinski definition) is 2. The molecule has 0 radical (unpaired) electrons. The van der Waals surface area contributed by atoms with Crippen LogP contribution in [-0.2, 0) is 16.0 Å². The van der Waals surface area contributed by atoms with Crippen molar-refractivity contribution in [3.05, 3.63) is 35.4 Å². The largest absolute Gasteiger partial charge is 0.457 e. The third-order valence-corrected chi connectivity index (χ3v) is 4.92. The molecule has 2 heteroatoms. The number of carbonyl (C=O) groups excluding carboxylic acids is 1. The topological polar surface area (TPSA) is 26.3 Å². The van der Waals surface area contributed by atoms with Gasteiger partial charge >= 0.3 is 5.97 Å². The summed E-state index contributed by atoms with van der Waals surface area (Å²) in [6, 6.07) is 8.71. The Labute approximate surface area is 141 Å². The molecular formula is C21H32O2. The van der Waals surface area contributed by atoms with Gasteiger partial charge in [0.15, 0.2) is 0 Å². The Kier molecular flexibility index (Phi) is 7.64. The van der Waals surface area contributed by atoms with E-state index in [9.17, 15) is 4.79 Å². The Morgan fingerprint density at radius 3 is 2.35 bits per heavy atom. The molecule has 2 rings (SSSR count). The minimum absolute atomic E-state index is 0.0125. The maximum Gasteiger partial charge on any atom is 0.309 e. The van der Waals surface area contributed by atoms with Gasteiger partial charge < -0.3 is 4.74 Å². The number of carbonyl (C=O) groups is 1. The molecule has 0 aliphatic carbocycles. The van der Waals surface area contributed by atoms with E-state index in [1.807, 2.05) is 0 Å². The molecule has 2 unspecified atom stereocenters. The van der Waals surface area contributed by atoms with Crippen molar-refractivity contribution in [1.29, 1.82) is 0 Å². The zero-order valence-electron chi connectivity index (χ0n) is 14.9. The van der Waals surface area contributed by atoms with Gasteiger partial charge in [-0.25, -0.2) is 0 Å². The summed E-state index contributed by atoms with van der Waals surface area (Å²) in [5.41, 5.74) is 2.55. The fourth-order valence-corrected chi connectivity index (χ4v) is 3.37. The molecule has 1 aliphatic rings. The average molecular weight is 316 g/mol. The van der Waals surface area contributed by atoms with Crippen LogP contribution in [0.4, 0.5) is 0 Å². The molecule has 0 amide bonds. The summed E-state index contributed by atoms with van der Waals surface area (Å²) in [4.78, 5) is 12.0. The van der Waals surface area contributed by atoms with Crippen LogP contribution in [-0.4, -0.2) is 5.97 Å². The third kappa shape index (κ3) is 5.67. The fourth-order valence-electron chi connectivity index (χ4n) is 3.37. The molecule has 2 atom stereocenters. The van der Waals surface area contributed by atoms with Gasteiger partial charge in [0.25, 0.3) is 0 Å². The lowest BCUT2D eigenvalue weighted by molar-refractivity contribution is -0.144. The van der Waals surface area contributed by atoms with Crippen LogP contribution in [0.5, 0.6) is 0 Å². The van der Waals surface area contributed by atoms with Crippen molar-refractivity contribution in [3.63, 3.8) is 0 Å². The molecule has 0 saturated carbocycles. The number of aryl methyl sites for hydroxylation is 1. The first-order valence-electron chi connectivity index (χ1n) is 9.54. The van der Waals surface area contributed by atoms with Crippen LogP contribution in [0.15, 0.2) is 24.3 Å². The van der Waals surface area contributed by atoms with Gasteiger partial charge in [0, 0.05) is 6.42 Å². The number of ether oxygens (including phenoxy) is 1. The molecule has 1 aliphatic heterocycles. The number of rotatable bonds is 10. The van der Waals surface area contributed by atoms with Crippen LogP contribution in [0.3, 0.4) is 0 Å². The molecule has 23 heavy (non-hydrogen) atoms. The van der Waals surface area contributed by atoms with Crippen LogP contribution in [0, 0.1) is 5.92 Å². The van der Waals surface area contributed by atoms with Gasteiger partial charge in [-0.05, 0) is 30.4 Å². The number of cyclic esters (lactones) is 1. The Balaban J connectivity index is 1.81. The maximum absolute atomic E-state index is 12.0. The lowest BCUT2D eigenvalue weighted by Gasteiger charge is -2.10. The van der Waals surface area contributed by atoms with Gasteiger partial charge in [0.1, 0.15) is 6.10 Å². The van der Waals surface area contributed by atoms with Crippen LogP contribution in [0.25, 0.3) is 0 Å². The molecule has 0 bridgehead atoms. The van der Waals surface area contributed by atoms with E-state index in [1.54, 1.807) is 0 Å². The van der Waals surface area contributed by atoms with E-state index in [0.717, 1.165) is 31.2 Å². The predicted molar refractivity (Wildman–Crippen MR) is 95.4 cm³/mol. The van der Waals surface area contributed by atoms with Gasteiger partial charge in [-0.1, -0.05) is 76.6 Å². The van der Waals surface area contributed by atoms with Crippen molar-refractivity contribution < 1.29 is 9.53 Å². The molecule has 1 heterocycles. The van der Waals surface area contributed by atoms with E-state index in [-0.39, 0.29) is 18.0 Å². The second-order valence-electron chi connectivity index (χ2n) is 6.91. The third-order valence-electron chi connectivity index (χ3n) is 4.92. The minimum atomic E-state index is -0.0247. The first-order valence-corrected chi connectivity index (χ1v) is 9.54. The molecule has 0 spiro atoms. The van der Waals surface area contributed by atoms with Crippen molar-refractivity contribution in [2.45, 2.75) is 84.2 Å². The summed E-state index contributed by atoms with van der Waals surface area (Å²) in [5, 5.41) is 0. The van der Waals surface area contributed by atoms with Crippen LogP contribution in [0.2, 0.25) is 0 Å². The molecule has 1 fully saturated rings. The predicted octanol–water partition coefficient (Wildman–Crippen LogP) is 5.99. The van der Waals surface area contributed by atoms with E-state index < -0.39 is 0 Å². The van der Waals surface area contributed by atoms with E-state index in [1.165, 1.54) is 44.1 Å². The van der Waals surface area contributed by atoms with Gasteiger partial charge in [-0.2, -0.15) is 0 Å². The standard InChI is InChI=1S/C21H32O2/c1-3-5-7-9-11-19-16-20(23-21(19)22)18-14-12-17(13-15-18)10-8-6-4-2/h12-15,19-20H,3-11,16H2,1-2H3. The van der Waals surface area contributed by atoms with Crippen LogP contribution < -0.4 is 0 Å². The van der Waals surface area contributed by atoms with E-state index >= 15 is 0 Å². The van der Waals surface area contributed by atoms with Crippen molar-refractivity contribution >= 4 is 5.97 Å². The highest BCUT2D eigenvalue weighted by Crippen LogP contribution is 2.36. The Bertz CT molecular complexity index is 463. The first kappa shape index (κ1) is 18.0. The van der Waals surface area contributed by atoms with E-state index in [2.05, 4.69) is 38.1 Å². The number of benzene rings is 1. The van der Waals surface area contributed by atoms with Crippen molar-refractivity contribution in [3.8, 4) is 0 Å². The molecule has 1 saturated heterocycles. The minimum Gasteiger partial charge on any atom is -0.457 e. The average Bonchev–Trinajstić information content (AvgIpc) is 2.93. The number of esters is 1. The summed E-state index contributed by atoms with van der Waals surface area (Å²) in [6.07, 6.45) is 11.7. The lowest BCUT2D eigenvalue weighted by Crippen LogP contribution is -2.06. The van der Waals surface area contributed by atoms with Crippen molar-refractivity contribution in [2.24, 2.45) is 5.92 Å². The molecule has 2 nitrogen and oxygen atoms in total. The SMILES string of the molecule is CCCCCCC1CC(c2ccc(CCCCC)cc2)OC1=O.